The van der Waals surface area contributed by atoms with Crippen LogP contribution in [0, 0.1) is 10.1 Å². The lowest BCUT2D eigenvalue weighted by atomic mass is 10.1. The molecule has 0 aliphatic rings. The van der Waals surface area contributed by atoms with Crippen LogP contribution in [-0.2, 0) is 6.42 Å². The minimum Gasteiger partial charge on any atom is -0.310 e. The van der Waals surface area contributed by atoms with E-state index in [9.17, 15) is 10.1 Å². The molecule has 4 nitrogen and oxygen atoms in total. The largest absolute Gasteiger partial charge is 0.310 e. The van der Waals surface area contributed by atoms with Gasteiger partial charge in [-0.1, -0.05) is 42.5 Å². The number of nitro groups is 1. The number of rotatable bonds is 6. The highest BCUT2D eigenvalue weighted by atomic mass is 16.6. The molecular formula is C16H18N2O2. The van der Waals surface area contributed by atoms with Gasteiger partial charge in [0, 0.05) is 18.2 Å². The molecule has 0 bridgehead atoms. The van der Waals surface area contributed by atoms with Gasteiger partial charge in [0.25, 0.3) is 5.69 Å². The lowest BCUT2D eigenvalue weighted by Gasteiger charge is -2.14. The third-order valence-corrected chi connectivity index (χ3v) is 3.31. The van der Waals surface area contributed by atoms with Crippen molar-refractivity contribution in [3.8, 4) is 0 Å². The average molecular weight is 270 g/mol. The van der Waals surface area contributed by atoms with Crippen LogP contribution in [0.5, 0.6) is 0 Å². The van der Waals surface area contributed by atoms with Gasteiger partial charge in [-0.25, -0.2) is 0 Å². The summed E-state index contributed by atoms with van der Waals surface area (Å²) in [6, 6.07) is 17.2. The molecule has 20 heavy (non-hydrogen) atoms. The Bertz CT molecular complexity index is 552. The Morgan fingerprint density at radius 1 is 1.10 bits per heavy atom. The van der Waals surface area contributed by atoms with Gasteiger partial charge in [-0.15, -0.1) is 0 Å². The van der Waals surface area contributed by atoms with Gasteiger partial charge in [0.05, 0.1) is 4.92 Å². The highest BCUT2D eigenvalue weighted by Gasteiger charge is 2.08. The van der Waals surface area contributed by atoms with Crippen molar-refractivity contribution in [3.05, 3.63) is 75.8 Å². The van der Waals surface area contributed by atoms with Crippen LogP contribution in [0.25, 0.3) is 0 Å². The van der Waals surface area contributed by atoms with Crippen LogP contribution in [0.4, 0.5) is 5.69 Å². The van der Waals surface area contributed by atoms with Crippen molar-refractivity contribution in [2.24, 2.45) is 0 Å². The summed E-state index contributed by atoms with van der Waals surface area (Å²) >= 11 is 0. The van der Waals surface area contributed by atoms with E-state index < -0.39 is 0 Å². The van der Waals surface area contributed by atoms with Crippen molar-refractivity contribution < 1.29 is 4.92 Å². The quantitative estimate of drug-likeness (QED) is 0.645. The molecule has 2 aromatic carbocycles. The molecule has 1 unspecified atom stereocenters. The van der Waals surface area contributed by atoms with Gasteiger partial charge in [0.1, 0.15) is 0 Å². The molecule has 0 aromatic heterocycles. The van der Waals surface area contributed by atoms with E-state index in [2.05, 4.69) is 24.4 Å². The lowest BCUT2D eigenvalue weighted by Crippen LogP contribution is -2.21. The maximum atomic E-state index is 10.6. The van der Waals surface area contributed by atoms with E-state index >= 15 is 0 Å². The minimum absolute atomic E-state index is 0.130. The predicted molar refractivity (Wildman–Crippen MR) is 79.7 cm³/mol. The molecule has 1 atom stereocenters. The first-order valence-electron chi connectivity index (χ1n) is 6.68. The lowest BCUT2D eigenvalue weighted by molar-refractivity contribution is -0.384. The van der Waals surface area contributed by atoms with E-state index in [1.165, 1.54) is 5.56 Å². The van der Waals surface area contributed by atoms with E-state index in [0.717, 1.165) is 18.5 Å². The van der Waals surface area contributed by atoms with Crippen molar-refractivity contribution in [2.45, 2.75) is 19.4 Å². The molecular weight excluding hydrogens is 252 g/mol. The van der Waals surface area contributed by atoms with Gasteiger partial charge in [0.2, 0.25) is 0 Å². The maximum Gasteiger partial charge on any atom is 0.269 e. The highest BCUT2D eigenvalue weighted by Crippen LogP contribution is 2.17. The third kappa shape index (κ3) is 3.90. The standard InChI is InChI=1S/C16H18N2O2/c1-13(15-7-9-16(10-8-15)18(19)20)17-12-11-14-5-3-2-4-6-14/h2-10,13,17H,11-12H2,1H3. The first kappa shape index (κ1) is 14.2. The second kappa shape index (κ2) is 6.82. The van der Waals surface area contributed by atoms with Gasteiger partial charge in [-0.2, -0.15) is 0 Å². The smallest absolute Gasteiger partial charge is 0.269 e. The summed E-state index contributed by atoms with van der Waals surface area (Å²) in [7, 11) is 0. The van der Waals surface area contributed by atoms with Crippen LogP contribution in [0.15, 0.2) is 54.6 Å². The summed E-state index contributed by atoms with van der Waals surface area (Å²) in [5.74, 6) is 0. The van der Waals surface area contributed by atoms with Crippen LogP contribution < -0.4 is 5.32 Å². The molecule has 0 radical (unpaired) electrons. The highest BCUT2D eigenvalue weighted by molar-refractivity contribution is 5.34. The average Bonchev–Trinajstić information content (AvgIpc) is 2.48. The monoisotopic (exact) mass is 270 g/mol. The second-order valence-electron chi connectivity index (χ2n) is 4.76. The topological polar surface area (TPSA) is 55.2 Å². The molecule has 4 heteroatoms. The van der Waals surface area contributed by atoms with Gasteiger partial charge < -0.3 is 5.32 Å². The molecule has 1 N–H and O–H groups in total. The number of non-ortho nitro benzene ring substituents is 1. The number of nitrogens with one attached hydrogen (secondary N) is 1. The Kier molecular flexibility index (Phi) is 4.85. The fraction of sp³-hybridized carbons (Fsp3) is 0.250. The minimum atomic E-state index is -0.378. The summed E-state index contributed by atoms with van der Waals surface area (Å²) < 4.78 is 0. The van der Waals surface area contributed by atoms with E-state index in [0.29, 0.717) is 0 Å². The van der Waals surface area contributed by atoms with E-state index in [1.807, 2.05) is 18.2 Å². The number of benzene rings is 2. The Balaban J connectivity index is 1.85. The number of hydrogen-bond acceptors (Lipinski definition) is 3. The first-order chi connectivity index (χ1) is 9.66. The van der Waals surface area contributed by atoms with E-state index in [4.69, 9.17) is 0 Å². The summed E-state index contributed by atoms with van der Waals surface area (Å²) in [5, 5.41) is 14.0. The molecule has 0 fully saturated rings. The molecule has 0 aliphatic heterocycles. The molecule has 0 aliphatic carbocycles. The van der Waals surface area contributed by atoms with Crippen LogP contribution in [-0.4, -0.2) is 11.5 Å². The Morgan fingerprint density at radius 2 is 1.75 bits per heavy atom. The van der Waals surface area contributed by atoms with Crippen LogP contribution >= 0.6 is 0 Å². The summed E-state index contributed by atoms with van der Waals surface area (Å²) in [4.78, 5) is 10.2. The van der Waals surface area contributed by atoms with Crippen molar-refractivity contribution in [3.63, 3.8) is 0 Å². The summed E-state index contributed by atoms with van der Waals surface area (Å²) in [6.07, 6.45) is 0.970. The molecule has 0 saturated carbocycles. The van der Waals surface area contributed by atoms with Gasteiger partial charge in [0.15, 0.2) is 0 Å². The molecule has 2 rings (SSSR count). The van der Waals surface area contributed by atoms with Gasteiger partial charge in [-0.05, 0) is 31.0 Å². The maximum absolute atomic E-state index is 10.6. The third-order valence-electron chi connectivity index (χ3n) is 3.31. The summed E-state index contributed by atoms with van der Waals surface area (Å²) in [6.45, 7) is 2.94. The Hall–Kier alpha value is -2.20. The Morgan fingerprint density at radius 3 is 2.35 bits per heavy atom. The van der Waals surface area contributed by atoms with Crippen LogP contribution in [0.2, 0.25) is 0 Å². The number of nitro benzene ring substituents is 1. The zero-order valence-electron chi connectivity index (χ0n) is 11.5. The molecule has 0 spiro atoms. The zero-order valence-corrected chi connectivity index (χ0v) is 11.5. The van der Waals surface area contributed by atoms with Crippen molar-refractivity contribution in [2.75, 3.05) is 6.54 Å². The SMILES string of the molecule is CC(NCCc1ccccc1)c1ccc([N+](=O)[O-])cc1. The molecule has 0 amide bonds. The molecule has 0 heterocycles. The van der Waals surface area contributed by atoms with Crippen molar-refractivity contribution in [1.29, 1.82) is 0 Å². The predicted octanol–water partition coefficient (Wildman–Crippen LogP) is 3.49. The van der Waals surface area contributed by atoms with Crippen molar-refractivity contribution in [1.82, 2.24) is 5.32 Å². The van der Waals surface area contributed by atoms with Crippen LogP contribution in [0.1, 0.15) is 24.1 Å². The Labute approximate surface area is 118 Å². The van der Waals surface area contributed by atoms with E-state index in [-0.39, 0.29) is 16.7 Å². The molecule has 0 saturated heterocycles. The van der Waals surface area contributed by atoms with E-state index in [1.54, 1.807) is 24.3 Å². The molecule has 2 aromatic rings. The number of hydrogen-bond donors (Lipinski definition) is 1. The van der Waals surface area contributed by atoms with Gasteiger partial charge >= 0.3 is 0 Å². The second-order valence-corrected chi connectivity index (χ2v) is 4.76. The fourth-order valence-electron chi connectivity index (χ4n) is 2.08. The fourth-order valence-corrected chi connectivity index (χ4v) is 2.08. The van der Waals surface area contributed by atoms with Gasteiger partial charge in [-0.3, -0.25) is 10.1 Å². The zero-order chi connectivity index (χ0) is 14.4. The first-order valence-corrected chi connectivity index (χ1v) is 6.68. The van der Waals surface area contributed by atoms with Crippen LogP contribution in [0.3, 0.4) is 0 Å². The normalized spacial score (nSPS) is 12.1. The number of nitrogens with zero attached hydrogens (tertiary/aromatic N) is 1. The summed E-state index contributed by atoms with van der Waals surface area (Å²) in [5.41, 5.74) is 2.49. The molecule has 104 valence electrons. The van der Waals surface area contributed by atoms with Crippen molar-refractivity contribution >= 4 is 5.69 Å².